The quantitative estimate of drug-likeness (QED) is 0.829. The minimum atomic E-state index is -0.990. The first-order chi connectivity index (χ1) is 10.1. The molecule has 0 fully saturated rings. The summed E-state index contributed by atoms with van der Waals surface area (Å²) in [6.45, 7) is 2.93. The third-order valence-corrected chi connectivity index (χ3v) is 3.96. The minimum Gasteiger partial charge on any atom is -0.478 e. The summed E-state index contributed by atoms with van der Waals surface area (Å²) in [6, 6.07) is 11.5. The SMILES string of the molecule is Cc1ccc2c(c1)CCCN2c1cccc(C(=O)O)c1N. The van der Waals surface area contributed by atoms with Crippen LogP contribution in [0.2, 0.25) is 0 Å². The van der Waals surface area contributed by atoms with Crippen molar-refractivity contribution in [1.82, 2.24) is 0 Å². The summed E-state index contributed by atoms with van der Waals surface area (Å²) in [7, 11) is 0. The molecule has 3 rings (SSSR count). The Labute approximate surface area is 123 Å². The van der Waals surface area contributed by atoms with E-state index in [4.69, 9.17) is 5.73 Å². The summed E-state index contributed by atoms with van der Waals surface area (Å²) in [6.07, 6.45) is 2.08. The van der Waals surface area contributed by atoms with Crippen LogP contribution in [0.5, 0.6) is 0 Å². The summed E-state index contributed by atoms with van der Waals surface area (Å²) in [5, 5.41) is 9.22. The predicted octanol–water partition coefficient (Wildman–Crippen LogP) is 3.36. The molecule has 0 spiro atoms. The van der Waals surface area contributed by atoms with Crippen molar-refractivity contribution < 1.29 is 9.90 Å². The number of rotatable bonds is 2. The summed E-state index contributed by atoms with van der Waals surface area (Å²) in [5.74, 6) is -0.990. The van der Waals surface area contributed by atoms with E-state index >= 15 is 0 Å². The second-order valence-electron chi connectivity index (χ2n) is 5.43. The molecule has 0 amide bonds. The van der Waals surface area contributed by atoms with Gasteiger partial charge in [-0.05, 0) is 43.5 Å². The van der Waals surface area contributed by atoms with Crippen molar-refractivity contribution >= 4 is 23.0 Å². The van der Waals surface area contributed by atoms with Crippen LogP contribution in [-0.4, -0.2) is 17.6 Å². The number of carbonyl (C=O) groups is 1. The number of hydrogen-bond donors (Lipinski definition) is 2. The lowest BCUT2D eigenvalue weighted by atomic mass is 9.98. The summed E-state index contributed by atoms with van der Waals surface area (Å²) in [5.41, 5.74) is 11.0. The van der Waals surface area contributed by atoms with Gasteiger partial charge in [0.25, 0.3) is 0 Å². The molecule has 21 heavy (non-hydrogen) atoms. The highest BCUT2D eigenvalue weighted by Gasteiger charge is 2.22. The third-order valence-electron chi connectivity index (χ3n) is 3.96. The number of hydrogen-bond acceptors (Lipinski definition) is 3. The average Bonchev–Trinajstić information content (AvgIpc) is 2.46. The molecule has 1 aliphatic rings. The van der Waals surface area contributed by atoms with Gasteiger partial charge < -0.3 is 15.7 Å². The van der Waals surface area contributed by atoms with Crippen LogP contribution in [0.3, 0.4) is 0 Å². The molecule has 2 aromatic carbocycles. The normalized spacial score (nSPS) is 13.9. The summed E-state index contributed by atoms with van der Waals surface area (Å²) >= 11 is 0. The molecule has 1 heterocycles. The lowest BCUT2D eigenvalue weighted by Gasteiger charge is -2.32. The van der Waals surface area contributed by atoms with E-state index in [1.54, 1.807) is 12.1 Å². The zero-order valence-electron chi connectivity index (χ0n) is 12.0. The molecule has 0 saturated heterocycles. The van der Waals surface area contributed by atoms with Crippen LogP contribution in [0, 0.1) is 6.92 Å². The van der Waals surface area contributed by atoms with Gasteiger partial charge in [-0.2, -0.15) is 0 Å². The zero-order valence-corrected chi connectivity index (χ0v) is 12.0. The van der Waals surface area contributed by atoms with Crippen molar-refractivity contribution in [3.05, 3.63) is 53.1 Å². The van der Waals surface area contributed by atoms with Crippen LogP contribution in [-0.2, 0) is 6.42 Å². The zero-order chi connectivity index (χ0) is 15.0. The van der Waals surface area contributed by atoms with Crippen LogP contribution in [0.4, 0.5) is 17.1 Å². The standard InChI is InChI=1S/C17H18N2O2/c1-11-7-8-14-12(10-11)4-3-9-19(14)15-6-2-5-13(16(15)18)17(20)21/h2,5-8,10H,3-4,9,18H2,1H3,(H,20,21). The van der Waals surface area contributed by atoms with Crippen molar-refractivity contribution in [3.8, 4) is 0 Å². The van der Waals surface area contributed by atoms with Gasteiger partial charge in [-0.1, -0.05) is 23.8 Å². The minimum absolute atomic E-state index is 0.159. The monoisotopic (exact) mass is 282 g/mol. The first-order valence-corrected chi connectivity index (χ1v) is 7.07. The van der Waals surface area contributed by atoms with Gasteiger partial charge in [-0.3, -0.25) is 0 Å². The van der Waals surface area contributed by atoms with Crippen molar-refractivity contribution in [2.75, 3.05) is 17.2 Å². The maximum absolute atomic E-state index is 11.2. The van der Waals surface area contributed by atoms with Crippen molar-refractivity contribution in [3.63, 3.8) is 0 Å². The molecule has 0 aliphatic carbocycles. The van der Waals surface area contributed by atoms with Gasteiger partial charge in [0, 0.05) is 12.2 Å². The molecule has 0 radical (unpaired) electrons. The van der Waals surface area contributed by atoms with Crippen LogP contribution < -0.4 is 10.6 Å². The van der Waals surface area contributed by atoms with E-state index in [9.17, 15) is 9.90 Å². The first-order valence-electron chi connectivity index (χ1n) is 7.07. The highest BCUT2D eigenvalue weighted by atomic mass is 16.4. The Kier molecular flexibility index (Phi) is 3.29. The number of anilines is 3. The number of nitrogens with two attached hydrogens (primary N) is 1. The molecule has 3 N–H and O–H groups in total. The maximum atomic E-state index is 11.2. The molecule has 0 saturated carbocycles. The summed E-state index contributed by atoms with van der Waals surface area (Å²) in [4.78, 5) is 13.4. The molecule has 0 unspecified atom stereocenters. The van der Waals surface area contributed by atoms with Crippen molar-refractivity contribution in [2.45, 2.75) is 19.8 Å². The molecular formula is C17H18N2O2. The van der Waals surface area contributed by atoms with E-state index < -0.39 is 5.97 Å². The molecule has 1 aliphatic heterocycles. The van der Waals surface area contributed by atoms with E-state index in [-0.39, 0.29) is 5.56 Å². The highest BCUT2D eigenvalue weighted by molar-refractivity contribution is 5.98. The van der Waals surface area contributed by atoms with Crippen molar-refractivity contribution in [1.29, 1.82) is 0 Å². The number of carboxylic acids is 1. The fourth-order valence-electron chi connectivity index (χ4n) is 2.95. The number of para-hydroxylation sites is 1. The molecule has 2 aromatic rings. The average molecular weight is 282 g/mol. The van der Waals surface area contributed by atoms with Crippen molar-refractivity contribution in [2.24, 2.45) is 0 Å². The first kappa shape index (κ1) is 13.5. The molecule has 108 valence electrons. The number of fused-ring (bicyclic) bond motifs is 1. The molecular weight excluding hydrogens is 264 g/mol. The van der Waals surface area contributed by atoms with Crippen LogP contribution in [0.25, 0.3) is 0 Å². The van der Waals surface area contributed by atoms with E-state index in [2.05, 4.69) is 30.0 Å². The van der Waals surface area contributed by atoms with E-state index in [1.807, 2.05) is 6.07 Å². The maximum Gasteiger partial charge on any atom is 0.337 e. The highest BCUT2D eigenvalue weighted by Crippen LogP contribution is 2.37. The third kappa shape index (κ3) is 2.33. The van der Waals surface area contributed by atoms with Gasteiger partial charge in [0.2, 0.25) is 0 Å². The van der Waals surface area contributed by atoms with Crippen LogP contribution >= 0.6 is 0 Å². The Hall–Kier alpha value is -2.49. The summed E-state index contributed by atoms with van der Waals surface area (Å²) < 4.78 is 0. The number of carboxylic acid groups (broad SMARTS) is 1. The number of aryl methyl sites for hydroxylation is 2. The lowest BCUT2D eigenvalue weighted by Crippen LogP contribution is -2.25. The number of nitrogen functional groups attached to an aromatic ring is 1. The van der Waals surface area contributed by atoms with Crippen LogP contribution in [0.1, 0.15) is 27.9 Å². The Morgan fingerprint density at radius 1 is 1.24 bits per heavy atom. The van der Waals surface area contributed by atoms with E-state index in [1.165, 1.54) is 11.1 Å². The van der Waals surface area contributed by atoms with E-state index in [0.29, 0.717) is 5.69 Å². The molecule has 0 bridgehead atoms. The largest absolute Gasteiger partial charge is 0.478 e. The van der Waals surface area contributed by atoms with Gasteiger partial charge in [-0.15, -0.1) is 0 Å². The topological polar surface area (TPSA) is 66.6 Å². The number of aromatic carboxylic acids is 1. The second-order valence-corrected chi connectivity index (χ2v) is 5.43. The van der Waals surface area contributed by atoms with Gasteiger partial charge in [0.05, 0.1) is 16.9 Å². The Balaban J connectivity index is 2.11. The van der Waals surface area contributed by atoms with E-state index in [0.717, 1.165) is 30.8 Å². The number of benzene rings is 2. The smallest absolute Gasteiger partial charge is 0.337 e. The van der Waals surface area contributed by atoms with Crippen LogP contribution in [0.15, 0.2) is 36.4 Å². The fourth-order valence-corrected chi connectivity index (χ4v) is 2.95. The second kappa shape index (κ2) is 5.13. The predicted molar refractivity (Wildman–Crippen MR) is 84.3 cm³/mol. The molecule has 0 aromatic heterocycles. The fraction of sp³-hybridized carbons (Fsp3) is 0.235. The Morgan fingerprint density at radius 2 is 2.05 bits per heavy atom. The van der Waals surface area contributed by atoms with Gasteiger partial charge in [0.1, 0.15) is 0 Å². The van der Waals surface area contributed by atoms with Gasteiger partial charge in [-0.25, -0.2) is 4.79 Å². The van der Waals surface area contributed by atoms with Gasteiger partial charge in [0.15, 0.2) is 0 Å². The lowest BCUT2D eigenvalue weighted by molar-refractivity contribution is 0.0698. The molecule has 4 heteroatoms. The number of nitrogens with zero attached hydrogens (tertiary/aromatic N) is 1. The molecule has 4 nitrogen and oxygen atoms in total. The molecule has 0 atom stereocenters. The Morgan fingerprint density at radius 3 is 2.81 bits per heavy atom. The van der Waals surface area contributed by atoms with Gasteiger partial charge >= 0.3 is 5.97 Å². The Bertz CT molecular complexity index is 710.